The Labute approximate surface area is 158 Å². The van der Waals surface area contributed by atoms with Gasteiger partial charge in [-0.3, -0.25) is 0 Å². The van der Waals surface area contributed by atoms with Crippen LogP contribution in [0.4, 0.5) is 0 Å². The van der Waals surface area contributed by atoms with Gasteiger partial charge in [0.05, 0.1) is 0 Å². The maximum Gasteiger partial charge on any atom is -0.0205 e. The fourth-order valence-corrected chi connectivity index (χ4v) is 5.27. The van der Waals surface area contributed by atoms with Gasteiger partial charge in [0.15, 0.2) is 0 Å². The smallest absolute Gasteiger partial charge is 0.0205 e. The summed E-state index contributed by atoms with van der Waals surface area (Å²) in [6.45, 7) is 23.1. The Hall–Kier alpha value is -0.780. The normalized spacial score (nSPS) is 29.4. The summed E-state index contributed by atoms with van der Waals surface area (Å²) >= 11 is 0. The summed E-state index contributed by atoms with van der Waals surface area (Å²) in [6, 6.07) is 0. The first kappa shape index (κ1) is 22.3. The van der Waals surface area contributed by atoms with Crippen LogP contribution in [0.5, 0.6) is 0 Å². The number of rotatable bonds is 8. The van der Waals surface area contributed by atoms with Crippen LogP contribution in [0.1, 0.15) is 87.5 Å². The van der Waals surface area contributed by atoms with Crippen LogP contribution in [-0.2, 0) is 0 Å². The molecule has 0 aliphatic heterocycles. The molecule has 0 heteroatoms. The van der Waals surface area contributed by atoms with Gasteiger partial charge in [0.2, 0.25) is 0 Å². The molecule has 1 aliphatic carbocycles. The van der Waals surface area contributed by atoms with E-state index in [-0.39, 0.29) is 0 Å². The molecule has 0 fully saturated rings. The summed E-state index contributed by atoms with van der Waals surface area (Å²) in [7, 11) is 0. The minimum absolute atomic E-state index is 0.334. The van der Waals surface area contributed by atoms with Crippen LogP contribution in [0.25, 0.3) is 0 Å². The van der Waals surface area contributed by atoms with Gasteiger partial charge < -0.3 is 0 Å². The molecule has 0 saturated heterocycles. The molecule has 0 saturated carbocycles. The number of hydrogen-bond acceptors (Lipinski definition) is 0. The van der Waals surface area contributed by atoms with Crippen LogP contribution in [0.3, 0.4) is 0 Å². The summed E-state index contributed by atoms with van der Waals surface area (Å²) < 4.78 is 0. The zero-order valence-corrected chi connectivity index (χ0v) is 18.4. The molecule has 25 heavy (non-hydrogen) atoms. The van der Waals surface area contributed by atoms with Gasteiger partial charge in [0, 0.05) is 0 Å². The highest BCUT2D eigenvalue weighted by Gasteiger charge is 2.42. The lowest BCUT2D eigenvalue weighted by molar-refractivity contribution is 0.0390. The van der Waals surface area contributed by atoms with E-state index in [0.717, 1.165) is 36.0 Å². The first-order valence-electron chi connectivity index (χ1n) is 10.7. The molecule has 0 spiro atoms. The van der Waals surface area contributed by atoms with Crippen molar-refractivity contribution in [3.8, 4) is 0 Å². The van der Waals surface area contributed by atoms with Gasteiger partial charge in [-0.15, -0.1) is 0 Å². The summed E-state index contributed by atoms with van der Waals surface area (Å²) in [5, 5.41) is 0. The van der Waals surface area contributed by atoms with Gasteiger partial charge in [-0.2, -0.15) is 0 Å². The van der Waals surface area contributed by atoms with Gasteiger partial charge in [0.1, 0.15) is 0 Å². The summed E-state index contributed by atoms with van der Waals surface area (Å²) in [5.74, 6) is 3.97. The second-order valence-corrected chi connectivity index (χ2v) is 9.24. The SMILES string of the molecule is C=C(C)C(C)=CCC(C)(C)C(CC)C1C(C)CC=CC(CC)C1CC. The standard InChI is InChI=1S/C25H44/c1-10-21-15-13-14-20(7)24(22(21)11-2)23(12-3)25(8,9)17-16-19(6)18(4)5/h13,15-16,20-24H,4,10-12,14,17H2,1-3,5-9H3. The maximum atomic E-state index is 4.10. The molecule has 0 aromatic heterocycles. The van der Waals surface area contributed by atoms with Crippen molar-refractivity contribution in [1.29, 1.82) is 0 Å². The van der Waals surface area contributed by atoms with E-state index in [9.17, 15) is 0 Å². The average molecular weight is 345 g/mol. The molecule has 144 valence electrons. The molecule has 0 nitrogen and oxygen atoms in total. The van der Waals surface area contributed by atoms with Crippen LogP contribution in [0, 0.1) is 35.0 Å². The maximum absolute atomic E-state index is 4.10. The second kappa shape index (κ2) is 9.79. The lowest BCUT2D eigenvalue weighted by Gasteiger charge is -2.46. The minimum atomic E-state index is 0.334. The van der Waals surface area contributed by atoms with E-state index in [1.54, 1.807) is 0 Å². The fourth-order valence-electron chi connectivity index (χ4n) is 5.27. The Kier molecular flexibility index (Phi) is 8.72. The Morgan fingerprint density at radius 2 is 1.84 bits per heavy atom. The van der Waals surface area contributed by atoms with Gasteiger partial charge in [-0.05, 0) is 68.1 Å². The molecule has 0 aromatic carbocycles. The highest BCUT2D eigenvalue weighted by Crippen LogP contribution is 2.49. The molecule has 0 aromatic rings. The second-order valence-electron chi connectivity index (χ2n) is 9.24. The van der Waals surface area contributed by atoms with Crippen LogP contribution in [-0.4, -0.2) is 0 Å². The third-order valence-corrected chi connectivity index (χ3v) is 7.05. The molecule has 1 aliphatic rings. The quantitative estimate of drug-likeness (QED) is 0.307. The van der Waals surface area contributed by atoms with E-state index in [1.165, 1.54) is 36.8 Å². The van der Waals surface area contributed by atoms with Crippen molar-refractivity contribution in [2.24, 2.45) is 35.0 Å². The van der Waals surface area contributed by atoms with Gasteiger partial charge in [0.25, 0.3) is 0 Å². The Morgan fingerprint density at radius 3 is 2.32 bits per heavy atom. The van der Waals surface area contributed by atoms with E-state index in [0.29, 0.717) is 5.41 Å². The number of hydrogen-bond donors (Lipinski definition) is 0. The highest BCUT2D eigenvalue weighted by atomic mass is 14.5. The zero-order valence-electron chi connectivity index (χ0n) is 18.4. The summed E-state index contributed by atoms with van der Waals surface area (Å²) in [6.07, 6.45) is 13.7. The molecule has 0 heterocycles. The number of allylic oxidation sites excluding steroid dienone is 5. The minimum Gasteiger partial charge on any atom is -0.0959 e. The summed E-state index contributed by atoms with van der Waals surface area (Å²) in [4.78, 5) is 0. The van der Waals surface area contributed by atoms with Crippen molar-refractivity contribution in [2.75, 3.05) is 0 Å². The molecular weight excluding hydrogens is 300 g/mol. The fraction of sp³-hybridized carbons (Fsp3) is 0.760. The average Bonchev–Trinajstić information content (AvgIpc) is 2.72. The van der Waals surface area contributed by atoms with Gasteiger partial charge in [-0.25, -0.2) is 0 Å². The molecule has 5 atom stereocenters. The van der Waals surface area contributed by atoms with E-state index in [2.05, 4.69) is 80.2 Å². The van der Waals surface area contributed by atoms with E-state index >= 15 is 0 Å². The van der Waals surface area contributed by atoms with Crippen molar-refractivity contribution in [1.82, 2.24) is 0 Å². The van der Waals surface area contributed by atoms with Crippen LogP contribution < -0.4 is 0 Å². The Bertz CT molecular complexity index is 476. The first-order chi connectivity index (χ1) is 11.7. The lowest BCUT2D eigenvalue weighted by atomic mass is 9.59. The first-order valence-corrected chi connectivity index (χ1v) is 10.7. The third-order valence-electron chi connectivity index (χ3n) is 7.05. The predicted molar refractivity (Wildman–Crippen MR) is 115 cm³/mol. The largest absolute Gasteiger partial charge is 0.0959 e. The summed E-state index contributed by atoms with van der Waals surface area (Å²) in [5.41, 5.74) is 2.89. The molecule has 0 bridgehead atoms. The zero-order chi connectivity index (χ0) is 19.2. The Balaban J connectivity index is 3.15. The van der Waals surface area contributed by atoms with Crippen LogP contribution >= 0.6 is 0 Å². The van der Waals surface area contributed by atoms with Crippen molar-refractivity contribution < 1.29 is 0 Å². The molecule has 5 unspecified atom stereocenters. The molecule has 0 amide bonds. The van der Waals surface area contributed by atoms with Crippen LogP contribution in [0.15, 0.2) is 36.0 Å². The van der Waals surface area contributed by atoms with Crippen molar-refractivity contribution >= 4 is 0 Å². The highest BCUT2D eigenvalue weighted by molar-refractivity contribution is 5.24. The topological polar surface area (TPSA) is 0 Å². The van der Waals surface area contributed by atoms with Crippen molar-refractivity contribution in [3.05, 3.63) is 36.0 Å². The molecule has 0 N–H and O–H groups in total. The van der Waals surface area contributed by atoms with E-state index < -0.39 is 0 Å². The Morgan fingerprint density at radius 1 is 1.20 bits per heavy atom. The third kappa shape index (κ3) is 5.60. The van der Waals surface area contributed by atoms with E-state index in [4.69, 9.17) is 0 Å². The van der Waals surface area contributed by atoms with Gasteiger partial charge >= 0.3 is 0 Å². The van der Waals surface area contributed by atoms with Crippen molar-refractivity contribution in [3.63, 3.8) is 0 Å². The monoisotopic (exact) mass is 344 g/mol. The molecular formula is C25H44. The van der Waals surface area contributed by atoms with E-state index in [1.807, 2.05) is 0 Å². The molecule has 1 rings (SSSR count). The lowest BCUT2D eigenvalue weighted by Crippen LogP contribution is -2.39. The van der Waals surface area contributed by atoms with Crippen LogP contribution in [0.2, 0.25) is 0 Å². The van der Waals surface area contributed by atoms with Gasteiger partial charge in [-0.1, -0.05) is 90.3 Å². The predicted octanol–water partition coefficient (Wildman–Crippen LogP) is 8.22. The molecule has 0 radical (unpaired) electrons. The van der Waals surface area contributed by atoms with Crippen molar-refractivity contribution in [2.45, 2.75) is 87.5 Å².